The lowest BCUT2D eigenvalue weighted by Gasteiger charge is -2.26. The van der Waals surface area contributed by atoms with Crippen LogP contribution in [0.4, 0.5) is 5.82 Å². The largest absolute Gasteiger partial charge is 0.383 e. The number of rotatable bonds is 3. The lowest BCUT2D eigenvalue weighted by atomic mass is 9.97. The van der Waals surface area contributed by atoms with Gasteiger partial charge in [0, 0.05) is 52.6 Å². The molecule has 4 aromatic rings. The van der Waals surface area contributed by atoms with Gasteiger partial charge in [-0.15, -0.1) is 0 Å². The van der Waals surface area contributed by atoms with Gasteiger partial charge in [0.05, 0.1) is 10.9 Å². The van der Waals surface area contributed by atoms with E-state index in [2.05, 4.69) is 30.9 Å². The number of fused-ring (bicyclic) bond motifs is 4. The first-order valence-corrected chi connectivity index (χ1v) is 10.1. The number of para-hydroxylation sites is 1. The minimum atomic E-state index is -0.206. The number of halogens is 1. The lowest BCUT2D eigenvalue weighted by Crippen LogP contribution is -2.40. The number of amides is 1. The van der Waals surface area contributed by atoms with Gasteiger partial charge in [0.1, 0.15) is 17.8 Å². The van der Waals surface area contributed by atoms with Crippen molar-refractivity contribution in [3.8, 4) is 11.1 Å². The van der Waals surface area contributed by atoms with Crippen LogP contribution in [0.2, 0.25) is 0 Å². The number of benzene rings is 1. The molecule has 0 spiro atoms. The summed E-state index contributed by atoms with van der Waals surface area (Å²) in [6.45, 7) is 0.602. The van der Waals surface area contributed by atoms with Gasteiger partial charge in [-0.25, -0.2) is 9.97 Å². The van der Waals surface area contributed by atoms with Crippen molar-refractivity contribution < 1.29 is 4.79 Å². The zero-order chi connectivity index (χ0) is 20.7. The van der Waals surface area contributed by atoms with E-state index in [4.69, 9.17) is 17.3 Å². The van der Waals surface area contributed by atoms with Crippen molar-refractivity contribution >= 4 is 45.3 Å². The molecule has 0 saturated heterocycles. The van der Waals surface area contributed by atoms with E-state index in [1.165, 1.54) is 17.9 Å². The Kier molecular flexibility index (Phi) is 4.59. The Morgan fingerprint density at radius 1 is 1.27 bits per heavy atom. The van der Waals surface area contributed by atoms with Crippen LogP contribution < -0.4 is 11.1 Å². The summed E-state index contributed by atoms with van der Waals surface area (Å²) in [6, 6.07) is 10.1. The van der Waals surface area contributed by atoms with Gasteiger partial charge in [-0.1, -0.05) is 29.8 Å². The molecule has 1 aliphatic heterocycles. The third-order valence-corrected chi connectivity index (χ3v) is 5.68. The van der Waals surface area contributed by atoms with Gasteiger partial charge < -0.3 is 15.6 Å². The number of pyridine rings is 1. The van der Waals surface area contributed by atoms with Gasteiger partial charge in [0.2, 0.25) is 5.91 Å². The van der Waals surface area contributed by atoms with Gasteiger partial charge >= 0.3 is 0 Å². The number of hydrogen-bond acceptors (Lipinski definition) is 5. The third-order valence-electron chi connectivity index (χ3n) is 5.55. The maximum Gasteiger partial charge on any atom is 0.245 e. The maximum absolute atomic E-state index is 11.9. The van der Waals surface area contributed by atoms with Crippen LogP contribution in [0.5, 0.6) is 0 Å². The Labute approximate surface area is 177 Å². The number of carbonyl (C=O) groups excluding carboxylic acids is 1. The second-order valence-corrected chi connectivity index (χ2v) is 7.60. The molecular weight excluding hydrogens is 400 g/mol. The molecule has 5 rings (SSSR count). The molecule has 0 bridgehead atoms. The van der Waals surface area contributed by atoms with E-state index in [0.717, 1.165) is 51.6 Å². The standard InChI is InChI=1S/C22H19ClN6O/c23-8-7-18(30)28-15-5-6-17-19(14-9-13-3-1-2-4-16(13)25-10-14)20-21(24)26-12-27-22(20)29(17)11-15/h1-4,7-10,12,15H,5-6,11H2,(H,28,30)(H2,24,26,27)/b8-7-. The number of nitrogens with one attached hydrogen (secondary N) is 1. The van der Waals surface area contributed by atoms with E-state index in [1.54, 1.807) is 0 Å². The minimum absolute atomic E-state index is 0.0211. The molecule has 0 saturated carbocycles. The average molecular weight is 419 g/mol. The van der Waals surface area contributed by atoms with Crippen LogP contribution in [-0.2, 0) is 17.8 Å². The van der Waals surface area contributed by atoms with Crippen LogP contribution in [0.25, 0.3) is 33.1 Å². The first kappa shape index (κ1) is 18.6. The fraction of sp³-hybridized carbons (Fsp3) is 0.182. The summed E-state index contributed by atoms with van der Waals surface area (Å²) in [6.07, 6.45) is 6.25. The average Bonchev–Trinajstić information content (AvgIpc) is 3.09. The van der Waals surface area contributed by atoms with Gasteiger partial charge in [-0.2, -0.15) is 0 Å². The fourth-order valence-corrected chi connectivity index (χ4v) is 4.38. The molecule has 1 aliphatic rings. The number of nitrogens with zero attached hydrogens (tertiary/aromatic N) is 4. The van der Waals surface area contributed by atoms with E-state index >= 15 is 0 Å². The minimum Gasteiger partial charge on any atom is -0.383 e. The maximum atomic E-state index is 11.9. The number of nitrogens with two attached hydrogens (primary N) is 1. The highest BCUT2D eigenvalue weighted by Crippen LogP contribution is 2.39. The number of hydrogen-bond donors (Lipinski definition) is 2. The monoisotopic (exact) mass is 418 g/mol. The Balaban J connectivity index is 1.66. The zero-order valence-corrected chi connectivity index (χ0v) is 16.8. The molecule has 3 N–H and O–H groups in total. The van der Waals surface area contributed by atoms with E-state index in [9.17, 15) is 4.79 Å². The summed E-state index contributed by atoms with van der Waals surface area (Å²) >= 11 is 5.52. The van der Waals surface area contributed by atoms with Crippen LogP contribution in [0.3, 0.4) is 0 Å². The van der Waals surface area contributed by atoms with Crippen molar-refractivity contribution in [2.24, 2.45) is 0 Å². The summed E-state index contributed by atoms with van der Waals surface area (Å²) in [5.74, 6) is 0.235. The van der Waals surface area contributed by atoms with Gasteiger partial charge in [-0.3, -0.25) is 9.78 Å². The fourth-order valence-electron chi connectivity index (χ4n) is 4.26. The Hall–Kier alpha value is -3.45. The van der Waals surface area contributed by atoms with Crippen LogP contribution in [0, 0.1) is 0 Å². The summed E-state index contributed by atoms with van der Waals surface area (Å²) in [5, 5.41) is 4.89. The van der Waals surface area contributed by atoms with Gasteiger partial charge in [0.15, 0.2) is 0 Å². The van der Waals surface area contributed by atoms with Crippen molar-refractivity contribution in [1.82, 2.24) is 24.8 Å². The molecule has 30 heavy (non-hydrogen) atoms. The molecule has 150 valence electrons. The van der Waals surface area contributed by atoms with E-state index in [-0.39, 0.29) is 11.9 Å². The Morgan fingerprint density at radius 3 is 3.00 bits per heavy atom. The highest BCUT2D eigenvalue weighted by molar-refractivity contribution is 6.26. The van der Waals surface area contributed by atoms with Crippen molar-refractivity contribution in [3.63, 3.8) is 0 Å². The van der Waals surface area contributed by atoms with Crippen LogP contribution in [0.1, 0.15) is 12.1 Å². The van der Waals surface area contributed by atoms with E-state index < -0.39 is 0 Å². The van der Waals surface area contributed by atoms with Crippen molar-refractivity contribution in [2.75, 3.05) is 5.73 Å². The van der Waals surface area contributed by atoms with Crippen molar-refractivity contribution in [2.45, 2.75) is 25.4 Å². The summed E-state index contributed by atoms with van der Waals surface area (Å²) in [5.41, 5.74) is 12.4. The summed E-state index contributed by atoms with van der Waals surface area (Å²) in [7, 11) is 0. The Bertz CT molecular complexity index is 1310. The second-order valence-electron chi connectivity index (χ2n) is 7.34. The summed E-state index contributed by atoms with van der Waals surface area (Å²) in [4.78, 5) is 25.3. The molecule has 0 radical (unpaired) electrons. The first-order chi connectivity index (χ1) is 14.7. The van der Waals surface area contributed by atoms with Crippen molar-refractivity contribution in [3.05, 3.63) is 60.2 Å². The molecule has 1 amide bonds. The predicted octanol–water partition coefficient (Wildman–Crippen LogP) is 3.41. The van der Waals surface area contributed by atoms with Gasteiger partial charge in [0.25, 0.3) is 0 Å². The molecule has 3 aromatic heterocycles. The zero-order valence-electron chi connectivity index (χ0n) is 16.0. The molecule has 0 aliphatic carbocycles. The summed E-state index contributed by atoms with van der Waals surface area (Å²) < 4.78 is 2.14. The molecule has 1 unspecified atom stereocenters. The molecule has 8 heteroatoms. The van der Waals surface area contributed by atoms with Crippen molar-refractivity contribution in [1.29, 1.82) is 0 Å². The molecule has 1 atom stereocenters. The number of carbonyl (C=O) groups is 1. The smallest absolute Gasteiger partial charge is 0.245 e. The highest BCUT2D eigenvalue weighted by atomic mass is 35.5. The van der Waals surface area contributed by atoms with Gasteiger partial charge in [-0.05, 0) is 25.0 Å². The van der Waals surface area contributed by atoms with E-state index in [0.29, 0.717) is 12.4 Å². The van der Waals surface area contributed by atoms with Crippen LogP contribution >= 0.6 is 11.6 Å². The topological polar surface area (TPSA) is 98.7 Å². The molecule has 1 aromatic carbocycles. The number of nitrogen functional groups attached to an aromatic ring is 1. The quantitative estimate of drug-likeness (QED) is 0.497. The number of anilines is 1. The molecular formula is C22H19ClN6O. The first-order valence-electron chi connectivity index (χ1n) is 9.69. The predicted molar refractivity (Wildman–Crippen MR) is 118 cm³/mol. The second kappa shape index (κ2) is 7.42. The van der Waals surface area contributed by atoms with E-state index in [1.807, 2.05) is 30.5 Å². The number of aromatic nitrogens is 4. The molecule has 7 nitrogen and oxygen atoms in total. The normalized spacial score (nSPS) is 16.2. The molecule has 4 heterocycles. The van der Waals surface area contributed by atoms with Crippen LogP contribution in [-0.4, -0.2) is 31.5 Å². The molecule has 0 fully saturated rings. The SMILES string of the molecule is Nc1ncnc2c1c(-c1cnc3ccccc3c1)c1n2CC(NC(=O)/C=C\Cl)CC1. The third kappa shape index (κ3) is 3.07. The Morgan fingerprint density at radius 2 is 2.13 bits per heavy atom. The van der Waals surface area contributed by atoms with Crippen LogP contribution in [0.15, 0.2) is 54.5 Å². The lowest BCUT2D eigenvalue weighted by molar-refractivity contribution is -0.117. The highest BCUT2D eigenvalue weighted by Gasteiger charge is 2.28.